The normalized spacial score (nSPS) is 16.0. The van der Waals surface area contributed by atoms with Gasteiger partial charge in [-0.2, -0.15) is 0 Å². The van der Waals surface area contributed by atoms with E-state index < -0.39 is 0 Å². The monoisotopic (exact) mass is 434 g/mol. The number of hydrogen-bond donors (Lipinski definition) is 1. The van der Waals surface area contributed by atoms with E-state index in [4.69, 9.17) is 9.47 Å². The molecule has 1 aliphatic heterocycles. The molecule has 5 nitrogen and oxygen atoms in total. The molecule has 0 aliphatic carbocycles. The van der Waals surface area contributed by atoms with Crippen molar-refractivity contribution in [2.24, 2.45) is 0 Å². The van der Waals surface area contributed by atoms with Crippen molar-refractivity contribution in [1.82, 2.24) is 10.2 Å². The van der Waals surface area contributed by atoms with Gasteiger partial charge in [-0.05, 0) is 53.9 Å². The number of nitrogens with one attached hydrogen (secondary N) is 1. The number of amides is 1. The topological polar surface area (TPSA) is 50.8 Å². The second kappa shape index (κ2) is 10.3. The van der Waals surface area contributed by atoms with Crippen LogP contribution in [0, 0.1) is 5.82 Å². The zero-order chi connectivity index (χ0) is 22.3. The summed E-state index contributed by atoms with van der Waals surface area (Å²) in [5, 5.41) is 3.10. The van der Waals surface area contributed by atoms with Crippen molar-refractivity contribution in [3.05, 3.63) is 89.7 Å². The highest BCUT2D eigenvalue weighted by atomic mass is 19.1. The van der Waals surface area contributed by atoms with Crippen LogP contribution in [-0.4, -0.2) is 37.0 Å². The summed E-state index contributed by atoms with van der Waals surface area (Å²) in [6.45, 7) is 2.50. The van der Waals surface area contributed by atoms with Crippen LogP contribution in [0.15, 0.2) is 72.8 Å². The molecule has 4 rings (SSSR count). The average molecular weight is 435 g/mol. The number of likely N-dealkylation sites (tertiary alicyclic amines) is 1. The highest BCUT2D eigenvalue weighted by molar-refractivity contribution is 5.78. The number of benzene rings is 3. The summed E-state index contributed by atoms with van der Waals surface area (Å²) >= 11 is 0. The van der Waals surface area contributed by atoms with Crippen molar-refractivity contribution in [2.75, 3.05) is 20.2 Å². The molecule has 1 aliphatic rings. The minimum absolute atomic E-state index is 0.0318. The second-order valence-electron chi connectivity index (χ2n) is 7.99. The fourth-order valence-corrected chi connectivity index (χ4v) is 3.96. The fourth-order valence-electron chi connectivity index (χ4n) is 3.96. The molecule has 1 fully saturated rings. The van der Waals surface area contributed by atoms with E-state index in [1.807, 2.05) is 42.5 Å². The third kappa shape index (κ3) is 5.86. The lowest BCUT2D eigenvalue weighted by molar-refractivity contribution is -0.121. The molecule has 0 saturated carbocycles. The van der Waals surface area contributed by atoms with Gasteiger partial charge >= 0.3 is 0 Å². The first kappa shape index (κ1) is 21.8. The van der Waals surface area contributed by atoms with Gasteiger partial charge in [0.2, 0.25) is 5.91 Å². The predicted molar refractivity (Wildman–Crippen MR) is 121 cm³/mol. The van der Waals surface area contributed by atoms with Crippen LogP contribution in [-0.2, 0) is 17.8 Å². The van der Waals surface area contributed by atoms with Crippen molar-refractivity contribution in [1.29, 1.82) is 0 Å². The van der Waals surface area contributed by atoms with Crippen molar-refractivity contribution in [3.8, 4) is 17.2 Å². The average Bonchev–Trinajstić information content (AvgIpc) is 3.22. The standard InChI is InChI=1S/C26H27FN2O3/c1-31-24-7-2-3-8-25(24)32-23-6-4-5-20(15-23)17-29-14-13-22(18-29)28-26(30)16-19-9-11-21(27)12-10-19/h2-12,15,22H,13-14,16-18H2,1H3,(H,28,30)/t22-/m0/s1. The molecule has 1 saturated heterocycles. The highest BCUT2D eigenvalue weighted by Gasteiger charge is 2.24. The summed E-state index contributed by atoms with van der Waals surface area (Å²) in [5.74, 6) is 1.80. The molecule has 3 aromatic rings. The number of methoxy groups -OCH3 is 1. The molecule has 3 aromatic carbocycles. The van der Waals surface area contributed by atoms with E-state index >= 15 is 0 Å². The molecule has 6 heteroatoms. The maximum atomic E-state index is 13.0. The van der Waals surface area contributed by atoms with E-state index in [-0.39, 0.29) is 24.2 Å². The number of para-hydroxylation sites is 2. The van der Waals surface area contributed by atoms with Crippen molar-refractivity contribution in [2.45, 2.75) is 25.4 Å². The Morgan fingerprint density at radius 1 is 1.03 bits per heavy atom. The summed E-state index contributed by atoms with van der Waals surface area (Å²) in [6.07, 6.45) is 1.17. The SMILES string of the molecule is COc1ccccc1Oc1cccc(CN2CC[C@H](NC(=O)Cc3ccc(F)cc3)C2)c1. The van der Waals surface area contributed by atoms with Gasteiger partial charge in [-0.15, -0.1) is 0 Å². The van der Waals surface area contributed by atoms with Gasteiger partial charge in [0.05, 0.1) is 13.5 Å². The molecular weight excluding hydrogens is 407 g/mol. The summed E-state index contributed by atoms with van der Waals surface area (Å²) in [4.78, 5) is 14.7. The Morgan fingerprint density at radius 3 is 2.59 bits per heavy atom. The van der Waals surface area contributed by atoms with Gasteiger partial charge in [0, 0.05) is 25.7 Å². The van der Waals surface area contributed by atoms with E-state index in [2.05, 4.69) is 16.3 Å². The van der Waals surface area contributed by atoms with Crippen molar-refractivity contribution < 1.29 is 18.7 Å². The van der Waals surface area contributed by atoms with Gasteiger partial charge in [-0.3, -0.25) is 9.69 Å². The third-order valence-electron chi connectivity index (χ3n) is 5.52. The first-order chi connectivity index (χ1) is 15.6. The van der Waals surface area contributed by atoms with Crippen LogP contribution in [0.5, 0.6) is 17.2 Å². The van der Waals surface area contributed by atoms with E-state index in [1.54, 1.807) is 19.2 Å². The number of ether oxygens (including phenoxy) is 2. The molecule has 1 atom stereocenters. The van der Waals surface area contributed by atoms with E-state index in [0.717, 1.165) is 42.9 Å². The van der Waals surface area contributed by atoms with Crippen LogP contribution in [0.1, 0.15) is 17.5 Å². The Hall–Kier alpha value is -3.38. The van der Waals surface area contributed by atoms with Gasteiger partial charge in [-0.1, -0.05) is 36.4 Å². The van der Waals surface area contributed by atoms with Gasteiger partial charge in [0.1, 0.15) is 11.6 Å². The first-order valence-corrected chi connectivity index (χ1v) is 10.7. The number of nitrogens with zero attached hydrogens (tertiary/aromatic N) is 1. The molecule has 0 aromatic heterocycles. The number of rotatable bonds is 8. The van der Waals surface area contributed by atoms with Gasteiger partial charge < -0.3 is 14.8 Å². The van der Waals surface area contributed by atoms with Gasteiger partial charge in [-0.25, -0.2) is 4.39 Å². The van der Waals surface area contributed by atoms with Crippen LogP contribution >= 0.6 is 0 Å². The number of carbonyl (C=O) groups is 1. The Kier molecular flexibility index (Phi) is 7.02. The minimum atomic E-state index is -0.294. The summed E-state index contributed by atoms with van der Waals surface area (Å²) in [6, 6.07) is 21.8. The molecule has 1 amide bonds. The molecule has 1 N–H and O–H groups in total. The molecule has 0 spiro atoms. The van der Waals surface area contributed by atoms with Crippen molar-refractivity contribution in [3.63, 3.8) is 0 Å². The number of carbonyl (C=O) groups excluding carboxylic acids is 1. The summed E-state index contributed by atoms with van der Waals surface area (Å²) in [5.41, 5.74) is 1.96. The lowest BCUT2D eigenvalue weighted by Gasteiger charge is -2.17. The molecule has 0 radical (unpaired) electrons. The van der Waals surface area contributed by atoms with Crippen LogP contribution < -0.4 is 14.8 Å². The highest BCUT2D eigenvalue weighted by Crippen LogP contribution is 2.31. The maximum absolute atomic E-state index is 13.0. The van der Waals surface area contributed by atoms with E-state index in [1.165, 1.54) is 12.1 Å². The molecular formula is C26H27FN2O3. The zero-order valence-electron chi connectivity index (χ0n) is 18.1. The largest absolute Gasteiger partial charge is 0.493 e. The van der Waals surface area contributed by atoms with Gasteiger partial charge in [0.15, 0.2) is 11.5 Å². The second-order valence-corrected chi connectivity index (χ2v) is 7.99. The molecule has 32 heavy (non-hydrogen) atoms. The number of hydrogen-bond acceptors (Lipinski definition) is 4. The van der Waals surface area contributed by atoms with Crippen LogP contribution in [0.3, 0.4) is 0 Å². The first-order valence-electron chi connectivity index (χ1n) is 10.7. The van der Waals surface area contributed by atoms with Crippen molar-refractivity contribution >= 4 is 5.91 Å². The Morgan fingerprint density at radius 2 is 1.81 bits per heavy atom. The maximum Gasteiger partial charge on any atom is 0.224 e. The zero-order valence-corrected chi connectivity index (χ0v) is 18.1. The van der Waals surface area contributed by atoms with Gasteiger partial charge in [0.25, 0.3) is 0 Å². The lowest BCUT2D eigenvalue weighted by Crippen LogP contribution is -2.37. The Balaban J connectivity index is 1.29. The minimum Gasteiger partial charge on any atom is -0.493 e. The Labute approximate surface area is 187 Å². The molecule has 166 valence electrons. The molecule has 0 unspecified atom stereocenters. The fraction of sp³-hybridized carbons (Fsp3) is 0.269. The number of halogens is 1. The lowest BCUT2D eigenvalue weighted by atomic mass is 10.1. The van der Waals surface area contributed by atoms with E-state index in [0.29, 0.717) is 11.5 Å². The summed E-state index contributed by atoms with van der Waals surface area (Å²) < 4.78 is 24.4. The van der Waals surface area contributed by atoms with Crippen LogP contribution in [0.4, 0.5) is 4.39 Å². The van der Waals surface area contributed by atoms with Crippen LogP contribution in [0.2, 0.25) is 0 Å². The predicted octanol–water partition coefficient (Wildman–Crippen LogP) is 4.56. The summed E-state index contributed by atoms with van der Waals surface area (Å²) in [7, 11) is 1.63. The molecule has 1 heterocycles. The molecule has 0 bridgehead atoms. The quantitative estimate of drug-likeness (QED) is 0.565. The van der Waals surface area contributed by atoms with E-state index in [9.17, 15) is 9.18 Å². The Bertz CT molecular complexity index is 1050. The third-order valence-corrected chi connectivity index (χ3v) is 5.52. The smallest absolute Gasteiger partial charge is 0.224 e. The van der Waals surface area contributed by atoms with Crippen LogP contribution in [0.25, 0.3) is 0 Å².